The first-order chi connectivity index (χ1) is 17.1. The molecule has 1 heterocycles. The van der Waals surface area contributed by atoms with Crippen molar-refractivity contribution in [1.29, 1.82) is 0 Å². The van der Waals surface area contributed by atoms with E-state index in [1.807, 2.05) is 6.26 Å². The maximum Gasteiger partial charge on any atom is 0.326 e. The third kappa shape index (κ3) is 11.0. The van der Waals surface area contributed by atoms with E-state index in [4.69, 9.17) is 22.9 Å². The lowest BCUT2D eigenvalue weighted by Gasteiger charge is -2.29. The summed E-state index contributed by atoms with van der Waals surface area (Å²) in [6.07, 6.45) is 5.42. The number of thioether (sulfide) groups is 1. The fraction of sp³-hybridized carbons (Fsp3) is 0.773. The van der Waals surface area contributed by atoms with Gasteiger partial charge in [0.25, 0.3) is 0 Å². The Balaban J connectivity index is 3.00. The van der Waals surface area contributed by atoms with Gasteiger partial charge in [-0.2, -0.15) is 11.8 Å². The summed E-state index contributed by atoms with van der Waals surface area (Å²) < 4.78 is 0. The second kappa shape index (κ2) is 17.0. The first kappa shape index (κ1) is 31.4. The number of carbonyl (C=O) groups excluding carboxylic acids is 3. The predicted molar refractivity (Wildman–Crippen MR) is 140 cm³/mol. The fourth-order valence-electron chi connectivity index (χ4n) is 3.94. The summed E-state index contributed by atoms with van der Waals surface area (Å²) in [5, 5.41) is 14.9. The normalized spacial score (nSPS) is 17.6. The van der Waals surface area contributed by atoms with Gasteiger partial charge in [-0.1, -0.05) is 0 Å². The molecule has 0 saturated carbocycles. The number of hydrogen-bond donors (Lipinski definition) is 7. The van der Waals surface area contributed by atoms with Crippen LogP contribution in [0.4, 0.5) is 0 Å². The average molecular weight is 531 g/mol. The number of nitrogens with two attached hydrogens (primary N) is 4. The highest BCUT2D eigenvalue weighted by Gasteiger charge is 2.38. The molecule has 13 nitrogen and oxygen atoms in total. The van der Waals surface area contributed by atoms with Gasteiger partial charge >= 0.3 is 5.97 Å². The molecule has 0 aromatic rings. The minimum atomic E-state index is -1.09. The molecule has 0 aromatic carbocycles. The summed E-state index contributed by atoms with van der Waals surface area (Å²) in [5.74, 6) is -1.94. The number of nitrogens with zero attached hydrogens (tertiary/aromatic N) is 2. The third-order valence-electron chi connectivity index (χ3n) is 5.93. The van der Waals surface area contributed by atoms with E-state index in [0.717, 1.165) is 0 Å². The topological polar surface area (TPSA) is 232 Å². The predicted octanol–water partition coefficient (Wildman–Crippen LogP) is -1.71. The number of guanidine groups is 1. The van der Waals surface area contributed by atoms with Gasteiger partial charge < -0.3 is 43.6 Å². The molecule has 0 radical (unpaired) electrons. The Bertz CT molecular complexity index is 765. The lowest BCUT2D eigenvalue weighted by atomic mass is 10.0. The highest BCUT2D eigenvalue weighted by molar-refractivity contribution is 7.98. The molecule has 206 valence electrons. The molecule has 0 bridgehead atoms. The summed E-state index contributed by atoms with van der Waals surface area (Å²) in [7, 11) is 0. The number of carbonyl (C=O) groups is 4. The Hall–Kier alpha value is -2.58. The molecule has 1 rings (SSSR count). The van der Waals surface area contributed by atoms with Crippen molar-refractivity contribution in [2.24, 2.45) is 27.9 Å². The van der Waals surface area contributed by atoms with Crippen molar-refractivity contribution in [3.8, 4) is 0 Å². The summed E-state index contributed by atoms with van der Waals surface area (Å²) in [5.41, 5.74) is 22.3. The summed E-state index contributed by atoms with van der Waals surface area (Å²) in [6, 6.07) is -3.61. The number of amides is 3. The van der Waals surface area contributed by atoms with Crippen LogP contribution in [0.2, 0.25) is 0 Å². The van der Waals surface area contributed by atoms with E-state index in [-0.39, 0.29) is 25.5 Å². The van der Waals surface area contributed by atoms with E-state index in [1.165, 1.54) is 4.90 Å². The number of unbranched alkanes of at least 4 members (excludes halogenated alkanes) is 1. The first-order valence-corrected chi connectivity index (χ1v) is 13.7. The number of aliphatic imine (C=N–C) groups is 1. The Labute approximate surface area is 216 Å². The van der Waals surface area contributed by atoms with Gasteiger partial charge in [0.05, 0.1) is 6.04 Å². The van der Waals surface area contributed by atoms with Crippen LogP contribution in [0.3, 0.4) is 0 Å². The molecule has 36 heavy (non-hydrogen) atoms. The lowest BCUT2D eigenvalue weighted by molar-refractivity contribution is -0.149. The Morgan fingerprint density at radius 1 is 1.06 bits per heavy atom. The van der Waals surface area contributed by atoms with Crippen LogP contribution in [0.5, 0.6) is 0 Å². The molecule has 1 aliphatic heterocycles. The number of carboxylic acid groups (broad SMARTS) is 1. The van der Waals surface area contributed by atoms with E-state index in [2.05, 4.69) is 15.6 Å². The zero-order valence-electron chi connectivity index (χ0n) is 21.0. The maximum absolute atomic E-state index is 13.3. The molecule has 4 atom stereocenters. The smallest absolute Gasteiger partial charge is 0.326 e. The van der Waals surface area contributed by atoms with E-state index < -0.39 is 47.9 Å². The highest BCUT2D eigenvalue weighted by atomic mass is 32.2. The van der Waals surface area contributed by atoms with Crippen LogP contribution >= 0.6 is 11.8 Å². The number of hydrogen-bond acceptors (Lipinski definition) is 8. The largest absolute Gasteiger partial charge is 0.480 e. The second-order valence-corrected chi connectivity index (χ2v) is 9.76. The SMILES string of the molecule is CSCCC(N)C(=O)NC(CCCCN)C(=O)NC(CCCN=C(N)N)C(=O)N1CCCC1C(=O)O. The number of carboxylic acids is 1. The van der Waals surface area contributed by atoms with Gasteiger partial charge in [0.1, 0.15) is 18.1 Å². The second-order valence-electron chi connectivity index (χ2n) is 8.77. The van der Waals surface area contributed by atoms with E-state index in [0.29, 0.717) is 57.2 Å². The van der Waals surface area contributed by atoms with Crippen molar-refractivity contribution in [1.82, 2.24) is 15.5 Å². The highest BCUT2D eigenvalue weighted by Crippen LogP contribution is 2.20. The third-order valence-corrected chi connectivity index (χ3v) is 6.57. The minimum absolute atomic E-state index is 0.0899. The quantitative estimate of drug-likeness (QED) is 0.0639. The maximum atomic E-state index is 13.3. The van der Waals surface area contributed by atoms with Gasteiger partial charge in [-0.3, -0.25) is 19.4 Å². The van der Waals surface area contributed by atoms with Crippen LogP contribution in [0, 0.1) is 0 Å². The first-order valence-electron chi connectivity index (χ1n) is 12.3. The van der Waals surface area contributed by atoms with Crippen LogP contribution in [0.25, 0.3) is 0 Å². The Morgan fingerprint density at radius 3 is 2.33 bits per heavy atom. The standard InChI is InChI=1S/C22H42N8O5S/c1-36-13-9-14(24)18(31)28-15(6-2-3-10-23)19(32)29-16(7-4-11-27-22(25)26)20(33)30-12-5-8-17(30)21(34)35/h14-17H,2-13,23-24H2,1H3,(H,28,31)(H,29,32)(H,34,35)(H4,25,26,27). The van der Waals surface area contributed by atoms with Gasteiger partial charge in [-0.15, -0.1) is 0 Å². The van der Waals surface area contributed by atoms with Gasteiger partial charge in [-0.05, 0) is 69.9 Å². The zero-order chi connectivity index (χ0) is 27.1. The molecule has 0 aromatic heterocycles. The van der Waals surface area contributed by atoms with Crippen molar-refractivity contribution in [3.05, 3.63) is 0 Å². The molecule has 4 unspecified atom stereocenters. The molecule has 0 aliphatic carbocycles. The van der Waals surface area contributed by atoms with Gasteiger partial charge in [0.2, 0.25) is 17.7 Å². The number of rotatable bonds is 17. The Morgan fingerprint density at radius 2 is 1.72 bits per heavy atom. The zero-order valence-corrected chi connectivity index (χ0v) is 21.8. The number of aliphatic carboxylic acids is 1. The van der Waals surface area contributed by atoms with Crippen molar-refractivity contribution in [2.75, 3.05) is 31.6 Å². The molecule has 14 heteroatoms. The van der Waals surface area contributed by atoms with Gasteiger partial charge in [0, 0.05) is 13.1 Å². The Kier molecular flexibility index (Phi) is 14.8. The molecule has 0 spiro atoms. The number of nitrogens with one attached hydrogen (secondary N) is 2. The van der Waals surface area contributed by atoms with Crippen molar-refractivity contribution in [3.63, 3.8) is 0 Å². The van der Waals surface area contributed by atoms with Crippen molar-refractivity contribution < 1.29 is 24.3 Å². The van der Waals surface area contributed by atoms with Crippen molar-refractivity contribution >= 4 is 41.4 Å². The molecule has 3 amide bonds. The van der Waals surface area contributed by atoms with E-state index >= 15 is 0 Å². The van der Waals surface area contributed by atoms with Crippen LogP contribution in [-0.2, 0) is 19.2 Å². The van der Waals surface area contributed by atoms with E-state index in [9.17, 15) is 24.3 Å². The molecular weight excluding hydrogens is 488 g/mol. The molecule has 1 fully saturated rings. The molecule has 1 saturated heterocycles. The molecule has 11 N–H and O–H groups in total. The lowest BCUT2D eigenvalue weighted by Crippen LogP contribution is -2.57. The van der Waals surface area contributed by atoms with Crippen LogP contribution < -0.4 is 33.6 Å². The van der Waals surface area contributed by atoms with E-state index in [1.54, 1.807) is 11.8 Å². The van der Waals surface area contributed by atoms with Gasteiger partial charge in [-0.25, -0.2) is 4.79 Å². The minimum Gasteiger partial charge on any atom is -0.480 e. The fourth-order valence-corrected chi connectivity index (χ4v) is 4.43. The number of likely N-dealkylation sites (tertiary alicyclic amines) is 1. The van der Waals surface area contributed by atoms with Crippen LogP contribution in [0.1, 0.15) is 51.4 Å². The molecular formula is C22H42N8O5S. The average Bonchev–Trinajstić information content (AvgIpc) is 3.33. The molecule has 1 aliphatic rings. The van der Waals surface area contributed by atoms with Crippen LogP contribution in [-0.4, -0.2) is 95.5 Å². The van der Waals surface area contributed by atoms with Crippen molar-refractivity contribution in [2.45, 2.75) is 75.5 Å². The van der Waals surface area contributed by atoms with Crippen LogP contribution in [0.15, 0.2) is 4.99 Å². The monoisotopic (exact) mass is 530 g/mol. The summed E-state index contributed by atoms with van der Waals surface area (Å²) >= 11 is 1.56. The van der Waals surface area contributed by atoms with Gasteiger partial charge in [0.15, 0.2) is 5.96 Å². The summed E-state index contributed by atoms with van der Waals surface area (Å²) in [6.45, 7) is 0.968. The summed E-state index contributed by atoms with van der Waals surface area (Å²) in [4.78, 5) is 55.9.